The van der Waals surface area contributed by atoms with Crippen LogP contribution in [0.1, 0.15) is 49.7 Å². The zero-order valence-corrected chi connectivity index (χ0v) is 18.2. The molecule has 156 valence electrons. The average Bonchev–Trinajstić information content (AvgIpc) is 3.23. The molecule has 4 rings (SSSR count). The number of nitrogens with zero attached hydrogens (tertiary/aromatic N) is 1. The number of nitrogens with two attached hydrogens (primary N) is 1. The molecule has 0 saturated heterocycles. The van der Waals surface area contributed by atoms with Crippen LogP contribution in [0.25, 0.3) is 0 Å². The molecule has 6 heteroatoms. The third-order valence-corrected chi connectivity index (χ3v) is 8.73. The van der Waals surface area contributed by atoms with Crippen molar-refractivity contribution < 1.29 is 13.5 Å². The van der Waals surface area contributed by atoms with E-state index in [0.29, 0.717) is 29.0 Å². The third-order valence-electron chi connectivity index (χ3n) is 6.75. The van der Waals surface area contributed by atoms with Crippen molar-refractivity contribution in [1.29, 1.82) is 0 Å². The summed E-state index contributed by atoms with van der Waals surface area (Å²) in [4.78, 5) is 2.29. The van der Waals surface area contributed by atoms with Gasteiger partial charge in [0.2, 0.25) is 0 Å². The Balaban J connectivity index is 1.98. The van der Waals surface area contributed by atoms with Crippen LogP contribution < -0.4 is 10.6 Å². The van der Waals surface area contributed by atoms with Gasteiger partial charge in [0.05, 0.1) is 16.2 Å². The number of benzene rings is 2. The molecule has 2 aromatic rings. The predicted molar refractivity (Wildman–Crippen MR) is 117 cm³/mol. The molecule has 0 radical (unpaired) electrons. The van der Waals surface area contributed by atoms with Crippen LogP contribution in [0.4, 0.5) is 11.4 Å². The van der Waals surface area contributed by atoms with Crippen molar-refractivity contribution in [1.82, 2.24) is 0 Å². The van der Waals surface area contributed by atoms with Gasteiger partial charge in [-0.2, -0.15) is 0 Å². The first-order valence-electron chi connectivity index (χ1n) is 10.3. The highest BCUT2D eigenvalue weighted by Crippen LogP contribution is 2.69. The summed E-state index contributed by atoms with van der Waals surface area (Å²) in [6, 6.07) is 13.0. The second-order valence-electron chi connectivity index (χ2n) is 8.96. The lowest BCUT2D eigenvalue weighted by atomic mass is 9.79. The highest BCUT2D eigenvalue weighted by molar-refractivity contribution is 7.91. The second-order valence-corrected chi connectivity index (χ2v) is 10.9. The fourth-order valence-electron chi connectivity index (χ4n) is 5.16. The standard InChI is InChI=1S/C23H30N2O3S/c1-4-5-11-22-14-23(22,26)21(16-7-6-8-17(24)12-16)19-13-18(25(2)3)9-10-20(19)29(27,28)15-22/h6-10,12-13,21,26H,4-5,11,14-15,24H2,1-3H3/t21-,22+,23-/m0/s1. The molecule has 1 saturated carbocycles. The molecule has 2 aliphatic rings. The first kappa shape index (κ1) is 20.2. The Bertz CT molecular complexity index is 1050. The molecule has 0 spiro atoms. The Morgan fingerprint density at radius 1 is 1.21 bits per heavy atom. The number of nitrogen functional groups attached to an aromatic ring is 1. The maximum Gasteiger partial charge on any atom is 0.179 e. The first-order chi connectivity index (χ1) is 13.6. The quantitative estimate of drug-likeness (QED) is 0.731. The minimum atomic E-state index is -3.52. The van der Waals surface area contributed by atoms with Crippen LogP contribution in [-0.4, -0.2) is 39.0 Å². The third kappa shape index (κ3) is 3.13. The Labute approximate surface area is 173 Å². The number of hydrogen-bond acceptors (Lipinski definition) is 5. The van der Waals surface area contributed by atoms with Crippen LogP contribution in [0.2, 0.25) is 0 Å². The number of sulfone groups is 1. The van der Waals surface area contributed by atoms with Crippen LogP contribution in [0, 0.1) is 5.41 Å². The van der Waals surface area contributed by atoms with E-state index in [1.54, 1.807) is 6.07 Å². The fraction of sp³-hybridized carbons (Fsp3) is 0.478. The van der Waals surface area contributed by atoms with E-state index in [1.165, 1.54) is 0 Å². The first-order valence-corrected chi connectivity index (χ1v) is 11.9. The van der Waals surface area contributed by atoms with E-state index in [2.05, 4.69) is 6.92 Å². The van der Waals surface area contributed by atoms with E-state index >= 15 is 0 Å². The number of fused-ring (bicyclic) bond motifs is 2. The van der Waals surface area contributed by atoms with Gasteiger partial charge in [-0.1, -0.05) is 31.9 Å². The van der Waals surface area contributed by atoms with E-state index in [0.717, 1.165) is 24.1 Å². The molecule has 5 nitrogen and oxygen atoms in total. The van der Waals surface area contributed by atoms with Gasteiger partial charge in [0.15, 0.2) is 9.84 Å². The SMILES string of the molecule is CCCC[C@]12C[C@]1(O)[C@@H](c1cccc(N)c1)c1cc(N(C)C)ccc1S(=O)(=O)C2. The smallest absolute Gasteiger partial charge is 0.179 e. The normalized spacial score (nSPS) is 29.4. The molecule has 0 amide bonds. The van der Waals surface area contributed by atoms with Crippen molar-refractivity contribution in [3.8, 4) is 0 Å². The molecule has 1 aliphatic carbocycles. The van der Waals surface area contributed by atoms with Gasteiger partial charge in [0, 0.05) is 36.8 Å². The molecule has 3 atom stereocenters. The molecule has 1 heterocycles. The summed E-state index contributed by atoms with van der Waals surface area (Å²) < 4.78 is 26.8. The summed E-state index contributed by atoms with van der Waals surface area (Å²) in [5, 5.41) is 11.9. The molecule has 29 heavy (non-hydrogen) atoms. The number of anilines is 2. The molecule has 0 aromatic heterocycles. The number of aliphatic hydroxyl groups is 1. The number of unbranched alkanes of at least 4 members (excludes halogenated alkanes) is 1. The van der Waals surface area contributed by atoms with Crippen LogP contribution >= 0.6 is 0 Å². The molecule has 1 aliphatic heterocycles. The van der Waals surface area contributed by atoms with E-state index in [-0.39, 0.29) is 5.75 Å². The van der Waals surface area contributed by atoms with Crippen LogP contribution in [0.5, 0.6) is 0 Å². The largest absolute Gasteiger partial charge is 0.399 e. The molecular weight excluding hydrogens is 384 g/mol. The summed E-state index contributed by atoms with van der Waals surface area (Å²) in [6.45, 7) is 2.09. The molecule has 3 N–H and O–H groups in total. The Kier molecular flexibility index (Phi) is 4.70. The fourth-order valence-corrected chi connectivity index (χ4v) is 7.35. The monoisotopic (exact) mass is 414 g/mol. The maximum absolute atomic E-state index is 13.4. The zero-order valence-electron chi connectivity index (χ0n) is 17.4. The van der Waals surface area contributed by atoms with Gasteiger partial charge in [-0.25, -0.2) is 8.42 Å². The Morgan fingerprint density at radius 3 is 2.62 bits per heavy atom. The van der Waals surface area contributed by atoms with E-state index < -0.39 is 26.8 Å². The highest BCUT2D eigenvalue weighted by Gasteiger charge is 2.72. The van der Waals surface area contributed by atoms with Crippen LogP contribution in [0.3, 0.4) is 0 Å². The summed E-state index contributed by atoms with van der Waals surface area (Å²) >= 11 is 0. The van der Waals surface area contributed by atoms with Crippen molar-refractivity contribution >= 4 is 21.2 Å². The molecule has 0 bridgehead atoms. The lowest BCUT2D eigenvalue weighted by molar-refractivity contribution is 0.0838. The maximum atomic E-state index is 13.4. The van der Waals surface area contributed by atoms with Crippen molar-refractivity contribution in [3.63, 3.8) is 0 Å². The second kappa shape index (κ2) is 6.74. The number of hydrogen-bond donors (Lipinski definition) is 2. The summed E-state index contributed by atoms with van der Waals surface area (Å²) in [5.74, 6) is -0.418. The van der Waals surface area contributed by atoms with Gasteiger partial charge in [-0.15, -0.1) is 0 Å². The van der Waals surface area contributed by atoms with Gasteiger partial charge in [-0.05, 0) is 54.3 Å². The van der Waals surface area contributed by atoms with Crippen LogP contribution in [-0.2, 0) is 9.84 Å². The Morgan fingerprint density at radius 2 is 1.97 bits per heavy atom. The topological polar surface area (TPSA) is 83.6 Å². The van der Waals surface area contributed by atoms with Gasteiger partial charge in [0.1, 0.15) is 0 Å². The van der Waals surface area contributed by atoms with Crippen LogP contribution in [0.15, 0.2) is 47.4 Å². The van der Waals surface area contributed by atoms with Gasteiger partial charge in [-0.3, -0.25) is 0 Å². The molecule has 0 unspecified atom stereocenters. The van der Waals surface area contributed by atoms with Gasteiger partial charge < -0.3 is 15.7 Å². The lowest BCUT2D eigenvalue weighted by Gasteiger charge is -2.28. The minimum absolute atomic E-state index is 0.00360. The van der Waals surface area contributed by atoms with Crippen molar-refractivity contribution in [2.75, 3.05) is 30.5 Å². The van der Waals surface area contributed by atoms with Crippen molar-refractivity contribution in [2.45, 2.75) is 49.0 Å². The summed E-state index contributed by atoms with van der Waals surface area (Å²) in [5.41, 5.74) is 7.46. The van der Waals surface area contributed by atoms with Gasteiger partial charge in [0.25, 0.3) is 0 Å². The number of rotatable bonds is 5. The van der Waals surface area contributed by atoms with Crippen molar-refractivity contribution in [2.24, 2.45) is 5.41 Å². The average molecular weight is 415 g/mol. The van der Waals surface area contributed by atoms with E-state index in [9.17, 15) is 13.5 Å². The van der Waals surface area contributed by atoms with E-state index in [1.807, 2.05) is 55.4 Å². The Hall–Kier alpha value is -2.05. The molecule has 2 aromatic carbocycles. The van der Waals surface area contributed by atoms with E-state index in [4.69, 9.17) is 5.73 Å². The lowest BCUT2D eigenvalue weighted by Crippen LogP contribution is -2.30. The molecular formula is C23H30N2O3S. The van der Waals surface area contributed by atoms with Gasteiger partial charge >= 0.3 is 0 Å². The summed E-state index contributed by atoms with van der Waals surface area (Å²) in [7, 11) is 0.344. The summed E-state index contributed by atoms with van der Waals surface area (Å²) in [6.07, 6.45) is 3.09. The zero-order chi connectivity index (χ0) is 21.0. The predicted octanol–water partition coefficient (Wildman–Crippen LogP) is 3.57. The van der Waals surface area contributed by atoms with Crippen molar-refractivity contribution in [3.05, 3.63) is 53.6 Å². The molecule has 1 fully saturated rings. The highest BCUT2D eigenvalue weighted by atomic mass is 32.2. The minimum Gasteiger partial charge on any atom is -0.399 e.